The average Bonchev–Trinajstić information content (AvgIpc) is 2.73. The highest BCUT2D eigenvalue weighted by atomic mass is 19.4. The summed E-state index contributed by atoms with van der Waals surface area (Å²) in [6.07, 6.45) is 0.536. The first-order valence-electron chi connectivity index (χ1n) is 11.0. The van der Waals surface area contributed by atoms with E-state index in [0.717, 1.165) is 44.4 Å². The van der Waals surface area contributed by atoms with Gasteiger partial charge in [0, 0.05) is 36.9 Å². The predicted molar refractivity (Wildman–Crippen MR) is 113 cm³/mol. The van der Waals surface area contributed by atoms with Gasteiger partial charge in [-0.1, -0.05) is 13.0 Å². The average molecular weight is 442 g/mol. The van der Waals surface area contributed by atoms with E-state index in [0.29, 0.717) is 38.3 Å². The Bertz CT molecular complexity index is 788. The lowest BCUT2D eigenvalue weighted by atomic mass is 9.96. The lowest BCUT2D eigenvalue weighted by Gasteiger charge is -2.37. The smallest absolute Gasteiger partial charge is 0.385 e. The fraction of sp³-hybridized carbons (Fsp3) is 0.609. The zero-order valence-corrected chi connectivity index (χ0v) is 18.0. The standard InChI is InChI=1S/C23H31F4N3O/c1-16-5-3-4-8-30(16)15-22(31)29-9-6-18(7-10-29)14-28-17(2)19-11-20(23(25,26)27)13-21(24)12-19/h11-13,16,18,28H,2-10,14-15H2,1H3/t16-/m1/s1. The summed E-state index contributed by atoms with van der Waals surface area (Å²) in [7, 11) is 0. The number of nitrogens with one attached hydrogen (secondary N) is 1. The molecule has 1 aromatic carbocycles. The van der Waals surface area contributed by atoms with Crippen LogP contribution < -0.4 is 5.32 Å². The number of alkyl halides is 3. The first-order chi connectivity index (χ1) is 14.6. The molecule has 1 N–H and O–H groups in total. The molecule has 2 heterocycles. The topological polar surface area (TPSA) is 35.6 Å². The number of piperidine rings is 2. The molecule has 0 unspecified atom stereocenters. The molecule has 31 heavy (non-hydrogen) atoms. The van der Waals surface area contributed by atoms with Gasteiger partial charge in [-0.2, -0.15) is 13.2 Å². The Labute approximate surface area is 181 Å². The zero-order valence-electron chi connectivity index (χ0n) is 18.0. The Morgan fingerprint density at radius 1 is 1.13 bits per heavy atom. The van der Waals surface area contributed by atoms with Crippen LogP contribution in [0.2, 0.25) is 0 Å². The molecule has 2 aliphatic heterocycles. The summed E-state index contributed by atoms with van der Waals surface area (Å²) in [6, 6.07) is 2.88. The van der Waals surface area contributed by atoms with E-state index in [1.165, 1.54) is 6.42 Å². The number of likely N-dealkylation sites (tertiary alicyclic amines) is 2. The van der Waals surface area contributed by atoms with Crippen LogP contribution in [-0.2, 0) is 11.0 Å². The summed E-state index contributed by atoms with van der Waals surface area (Å²) in [5.41, 5.74) is -0.668. The van der Waals surface area contributed by atoms with Crippen LogP contribution >= 0.6 is 0 Å². The Hall–Kier alpha value is -2.09. The fourth-order valence-electron chi connectivity index (χ4n) is 4.35. The van der Waals surface area contributed by atoms with Crippen molar-refractivity contribution >= 4 is 11.6 Å². The van der Waals surface area contributed by atoms with Crippen LogP contribution in [-0.4, -0.2) is 54.5 Å². The van der Waals surface area contributed by atoms with E-state index < -0.39 is 17.6 Å². The molecule has 2 fully saturated rings. The summed E-state index contributed by atoms with van der Waals surface area (Å²) in [5, 5.41) is 3.05. The second-order valence-corrected chi connectivity index (χ2v) is 8.73. The molecule has 2 saturated heterocycles. The van der Waals surface area contributed by atoms with Gasteiger partial charge in [0.05, 0.1) is 12.1 Å². The summed E-state index contributed by atoms with van der Waals surface area (Å²) < 4.78 is 52.3. The Balaban J connectivity index is 1.45. The quantitative estimate of drug-likeness (QED) is 0.660. The molecule has 0 spiro atoms. The maximum absolute atomic E-state index is 13.6. The maximum atomic E-state index is 13.6. The molecule has 0 radical (unpaired) electrons. The van der Waals surface area contributed by atoms with Crippen LogP contribution in [0.25, 0.3) is 5.70 Å². The van der Waals surface area contributed by atoms with Gasteiger partial charge >= 0.3 is 6.18 Å². The van der Waals surface area contributed by atoms with E-state index in [9.17, 15) is 22.4 Å². The van der Waals surface area contributed by atoms with Gasteiger partial charge < -0.3 is 10.2 Å². The van der Waals surface area contributed by atoms with Gasteiger partial charge in [-0.15, -0.1) is 0 Å². The fourth-order valence-corrected chi connectivity index (χ4v) is 4.35. The van der Waals surface area contributed by atoms with Crippen molar-refractivity contribution in [2.45, 2.75) is 51.2 Å². The maximum Gasteiger partial charge on any atom is 0.416 e. The molecule has 1 atom stereocenters. The number of halogens is 4. The van der Waals surface area contributed by atoms with Crippen LogP contribution in [0.4, 0.5) is 17.6 Å². The molecular weight excluding hydrogens is 410 g/mol. The van der Waals surface area contributed by atoms with Crippen LogP contribution in [0.1, 0.15) is 50.2 Å². The first kappa shape index (κ1) is 23.6. The first-order valence-corrected chi connectivity index (χ1v) is 11.0. The minimum Gasteiger partial charge on any atom is -0.385 e. The number of rotatable bonds is 6. The normalized spacial score (nSPS) is 21.2. The lowest BCUT2D eigenvalue weighted by molar-refractivity contribution is -0.138. The van der Waals surface area contributed by atoms with Crippen molar-refractivity contribution in [2.24, 2.45) is 5.92 Å². The van der Waals surface area contributed by atoms with E-state index in [2.05, 4.69) is 23.7 Å². The van der Waals surface area contributed by atoms with E-state index in [1.54, 1.807) is 0 Å². The number of hydrogen-bond donors (Lipinski definition) is 1. The van der Waals surface area contributed by atoms with Crippen molar-refractivity contribution in [1.82, 2.24) is 15.1 Å². The van der Waals surface area contributed by atoms with Crippen LogP contribution in [0.15, 0.2) is 24.8 Å². The number of amides is 1. The van der Waals surface area contributed by atoms with Crippen LogP contribution in [0, 0.1) is 11.7 Å². The third-order valence-corrected chi connectivity index (χ3v) is 6.42. The highest BCUT2D eigenvalue weighted by Gasteiger charge is 2.32. The molecular formula is C23H31F4N3O. The van der Waals surface area contributed by atoms with Crippen LogP contribution in [0.3, 0.4) is 0 Å². The number of hydrogen-bond acceptors (Lipinski definition) is 3. The Morgan fingerprint density at radius 3 is 2.48 bits per heavy atom. The number of carbonyl (C=O) groups is 1. The Morgan fingerprint density at radius 2 is 1.84 bits per heavy atom. The van der Waals surface area contributed by atoms with Gasteiger partial charge in [-0.3, -0.25) is 9.69 Å². The minimum absolute atomic E-state index is 0.0931. The number of nitrogens with zero attached hydrogens (tertiary/aromatic N) is 2. The van der Waals surface area contributed by atoms with E-state index >= 15 is 0 Å². The van der Waals surface area contributed by atoms with Crippen molar-refractivity contribution < 1.29 is 22.4 Å². The van der Waals surface area contributed by atoms with Crippen LogP contribution in [0.5, 0.6) is 0 Å². The van der Waals surface area contributed by atoms with E-state index in [1.807, 2.05) is 4.90 Å². The molecule has 3 rings (SSSR count). The lowest BCUT2D eigenvalue weighted by Crippen LogP contribution is -2.48. The summed E-state index contributed by atoms with van der Waals surface area (Å²) in [6.45, 7) is 9.29. The van der Waals surface area contributed by atoms with Crippen molar-refractivity contribution in [2.75, 3.05) is 32.7 Å². The third-order valence-electron chi connectivity index (χ3n) is 6.42. The summed E-state index contributed by atoms with van der Waals surface area (Å²) in [4.78, 5) is 16.8. The molecule has 0 aliphatic carbocycles. The van der Waals surface area contributed by atoms with Gasteiger partial charge in [0.25, 0.3) is 0 Å². The summed E-state index contributed by atoms with van der Waals surface area (Å²) in [5.74, 6) is -0.489. The SMILES string of the molecule is C=C(NCC1CCN(C(=O)CN2CCCC[C@H]2C)CC1)c1cc(F)cc(C(F)(F)F)c1. The predicted octanol–water partition coefficient (Wildman–Crippen LogP) is 4.52. The highest BCUT2D eigenvalue weighted by molar-refractivity contribution is 5.78. The molecule has 1 aromatic rings. The molecule has 0 saturated carbocycles. The highest BCUT2D eigenvalue weighted by Crippen LogP contribution is 2.31. The molecule has 4 nitrogen and oxygen atoms in total. The molecule has 0 aromatic heterocycles. The minimum atomic E-state index is -4.61. The third kappa shape index (κ3) is 6.45. The second-order valence-electron chi connectivity index (χ2n) is 8.73. The summed E-state index contributed by atoms with van der Waals surface area (Å²) >= 11 is 0. The van der Waals surface area contributed by atoms with Crippen molar-refractivity contribution in [3.8, 4) is 0 Å². The molecule has 8 heteroatoms. The molecule has 1 amide bonds. The molecule has 2 aliphatic rings. The van der Waals surface area contributed by atoms with Gasteiger partial charge in [0.1, 0.15) is 5.82 Å². The Kier molecular flexibility index (Phi) is 7.62. The van der Waals surface area contributed by atoms with Gasteiger partial charge in [0.2, 0.25) is 5.91 Å². The molecule has 0 bridgehead atoms. The van der Waals surface area contributed by atoms with E-state index in [4.69, 9.17) is 0 Å². The molecule has 172 valence electrons. The second kappa shape index (κ2) is 10.0. The van der Waals surface area contributed by atoms with Crippen molar-refractivity contribution in [3.63, 3.8) is 0 Å². The number of carbonyl (C=O) groups excluding carboxylic acids is 1. The van der Waals surface area contributed by atoms with Gasteiger partial charge in [-0.25, -0.2) is 4.39 Å². The van der Waals surface area contributed by atoms with Gasteiger partial charge in [-0.05, 0) is 63.3 Å². The monoisotopic (exact) mass is 441 g/mol. The zero-order chi connectivity index (χ0) is 22.6. The number of benzene rings is 1. The van der Waals surface area contributed by atoms with Crippen molar-refractivity contribution in [3.05, 3.63) is 41.7 Å². The van der Waals surface area contributed by atoms with E-state index in [-0.39, 0.29) is 23.1 Å². The van der Waals surface area contributed by atoms with Crippen molar-refractivity contribution in [1.29, 1.82) is 0 Å². The van der Waals surface area contributed by atoms with Gasteiger partial charge in [0.15, 0.2) is 0 Å². The largest absolute Gasteiger partial charge is 0.416 e.